The van der Waals surface area contributed by atoms with E-state index in [2.05, 4.69) is 19.9 Å². The number of rotatable bonds is 4. The monoisotopic (exact) mass is 367 g/mol. The standard InChI is InChI=1S/C22H29N3O2/c1-17(2)9-13-24-15-22(11-8-20(24)26)10-3-12-25(16-22)21(27)19-6-4-18(14-23)5-7-19/h4-7,17H,3,8-13,15-16H2,1-2H3. The van der Waals surface area contributed by atoms with Gasteiger partial charge in [0.2, 0.25) is 5.91 Å². The lowest BCUT2D eigenvalue weighted by atomic mass is 9.73. The lowest BCUT2D eigenvalue weighted by molar-refractivity contribution is -0.139. The molecule has 1 aromatic carbocycles. The molecule has 27 heavy (non-hydrogen) atoms. The smallest absolute Gasteiger partial charge is 0.253 e. The number of carbonyl (C=O) groups is 2. The Morgan fingerprint density at radius 2 is 1.96 bits per heavy atom. The number of nitrogens with zero attached hydrogens (tertiary/aromatic N) is 3. The van der Waals surface area contributed by atoms with Crippen LogP contribution >= 0.6 is 0 Å². The Morgan fingerprint density at radius 3 is 2.63 bits per heavy atom. The van der Waals surface area contributed by atoms with Gasteiger partial charge in [-0.2, -0.15) is 5.26 Å². The summed E-state index contributed by atoms with van der Waals surface area (Å²) < 4.78 is 0. The number of piperidine rings is 2. The van der Waals surface area contributed by atoms with Gasteiger partial charge in [-0.1, -0.05) is 13.8 Å². The van der Waals surface area contributed by atoms with Crippen molar-refractivity contribution in [2.45, 2.75) is 46.0 Å². The first-order valence-corrected chi connectivity index (χ1v) is 10.00. The molecule has 0 bridgehead atoms. The van der Waals surface area contributed by atoms with Crippen LogP contribution in [0.4, 0.5) is 0 Å². The van der Waals surface area contributed by atoms with E-state index in [0.717, 1.165) is 51.9 Å². The summed E-state index contributed by atoms with van der Waals surface area (Å²) in [6.45, 7) is 7.45. The molecule has 2 saturated heterocycles. The van der Waals surface area contributed by atoms with Crippen LogP contribution in [0.2, 0.25) is 0 Å². The van der Waals surface area contributed by atoms with Crippen LogP contribution in [0.1, 0.15) is 61.9 Å². The predicted molar refractivity (Wildman–Crippen MR) is 104 cm³/mol. The zero-order chi connectivity index (χ0) is 19.4. The second-order valence-electron chi connectivity index (χ2n) is 8.52. The molecule has 2 aliphatic heterocycles. The van der Waals surface area contributed by atoms with Gasteiger partial charge in [0, 0.05) is 43.6 Å². The molecule has 5 nitrogen and oxygen atoms in total. The summed E-state index contributed by atoms with van der Waals surface area (Å²) >= 11 is 0. The third-order valence-electron chi connectivity index (χ3n) is 5.93. The van der Waals surface area contributed by atoms with Crippen LogP contribution in [-0.2, 0) is 4.79 Å². The maximum absolute atomic E-state index is 12.9. The first-order valence-electron chi connectivity index (χ1n) is 10.00. The summed E-state index contributed by atoms with van der Waals surface area (Å²) in [4.78, 5) is 29.3. The zero-order valence-corrected chi connectivity index (χ0v) is 16.4. The van der Waals surface area contributed by atoms with Gasteiger partial charge in [-0.3, -0.25) is 9.59 Å². The van der Waals surface area contributed by atoms with Gasteiger partial charge in [0.15, 0.2) is 0 Å². The molecule has 144 valence electrons. The molecule has 3 rings (SSSR count). The third-order valence-corrected chi connectivity index (χ3v) is 5.93. The number of benzene rings is 1. The second kappa shape index (κ2) is 8.12. The Labute approximate surface area is 161 Å². The Balaban J connectivity index is 1.69. The number of nitriles is 1. The van der Waals surface area contributed by atoms with Gasteiger partial charge in [-0.05, 0) is 55.9 Å². The van der Waals surface area contributed by atoms with Gasteiger partial charge in [0.25, 0.3) is 5.91 Å². The number of carbonyl (C=O) groups excluding carboxylic acids is 2. The second-order valence-corrected chi connectivity index (χ2v) is 8.52. The SMILES string of the molecule is CC(C)CCN1CC2(CCCN(C(=O)c3ccc(C#N)cc3)C2)CCC1=O. The summed E-state index contributed by atoms with van der Waals surface area (Å²) in [7, 11) is 0. The Kier molecular flexibility index (Phi) is 5.84. The van der Waals surface area contributed by atoms with E-state index in [1.54, 1.807) is 24.3 Å². The largest absolute Gasteiger partial charge is 0.342 e. The van der Waals surface area contributed by atoms with Crippen molar-refractivity contribution < 1.29 is 9.59 Å². The van der Waals surface area contributed by atoms with Crippen LogP contribution in [0.3, 0.4) is 0 Å². The molecule has 0 saturated carbocycles. The molecule has 1 atom stereocenters. The van der Waals surface area contributed by atoms with E-state index in [1.807, 2.05) is 9.80 Å². The fourth-order valence-electron chi connectivity index (χ4n) is 4.30. The van der Waals surface area contributed by atoms with Crippen molar-refractivity contribution in [3.63, 3.8) is 0 Å². The van der Waals surface area contributed by atoms with Crippen LogP contribution < -0.4 is 0 Å². The van der Waals surface area contributed by atoms with Gasteiger partial charge >= 0.3 is 0 Å². The fourth-order valence-corrected chi connectivity index (χ4v) is 4.30. The van der Waals surface area contributed by atoms with Crippen LogP contribution in [0.25, 0.3) is 0 Å². The van der Waals surface area contributed by atoms with Crippen molar-refractivity contribution in [3.8, 4) is 6.07 Å². The highest BCUT2D eigenvalue weighted by Gasteiger charge is 2.42. The van der Waals surface area contributed by atoms with Crippen molar-refractivity contribution in [2.24, 2.45) is 11.3 Å². The molecule has 2 aliphatic rings. The summed E-state index contributed by atoms with van der Waals surface area (Å²) in [5.74, 6) is 0.873. The van der Waals surface area contributed by atoms with Crippen LogP contribution in [-0.4, -0.2) is 47.8 Å². The minimum Gasteiger partial charge on any atom is -0.342 e. The minimum absolute atomic E-state index is 0.0317. The molecule has 2 fully saturated rings. The Hall–Kier alpha value is -2.35. The van der Waals surface area contributed by atoms with Crippen LogP contribution in [0, 0.1) is 22.7 Å². The molecule has 0 radical (unpaired) electrons. The summed E-state index contributed by atoms with van der Waals surface area (Å²) in [6.07, 6.45) is 4.55. The van der Waals surface area contributed by atoms with E-state index in [9.17, 15) is 9.59 Å². The number of hydrogen-bond donors (Lipinski definition) is 0. The van der Waals surface area contributed by atoms with E-state index in [-0.39, 0.29) is 17.2 Å². The molecular weight excluding hydrogens is 338 g/mol. The third kappa shape index (κ3) is 4.50. The molecule has 2 heterocycles. The number of amides is 2. The van der Waals surface area contributed by atoms with Crippen LogP contribution in [0.5, 0.6) is 0 Å². The first kappa shape index (κ1) is 19.4. The number of likely N-dealkylation sites (tertiary alicyclic amines) is 2. The summed E-state index contributed by atoms with van der Waals surface area (Å²) in [5, 5.41) is 8.93. The molecule has 1 unspecified atom stereocenters. The predicted octanol–water partition coefficient (Wildman–Crippen LogP) is 3.45. The molecule has 2 amide bonds. The highest BCUT2D eigenvalue weighted by atomic mass is 16.2. The van der Waals surface area contributed by atoms with E-state index in [0.29, 0.717) is 23.5 Å². The quantitative estimate of drug-likeness (QED) is 0.819. The van der Waals surface area contributed by atoms with E-state index in [1.165, 1.54) is 0 Å². The highest BCUT2D eigenvalue weighted by molar-refractivity contribution is 5.94. The van der Waals surface area contributed by atoms with Crippen molar-refractivity contribution in [2.75, 3.05) is 26.2 Å². The van der Waals surface area contributed by atoms with Gasteiger partial charge in [-0.25, -0.2) is 0 Å². The minimum atomic E-state index is 0.0317. The Bertz CT molecular complexity index is 735. The molecule has 0 N–H and O–H groups in total. The van der Waals surface area contributed by atoms with E-state index in [4.69, 9.17) is 5.26 Å². The lowest BCUT2D eigenvalue weighted by Crippen LogP contribution is -2.55. The molecular formula is C22H29N3O2. The summed E-state index contributed by atoms with van der Waals surface area (Å²) in [6, 6.07) is 8.95. The van der Waals surface area contributed by atoms with Gasteiger partial charge < -0.3 is 9.80 Å². The maximum atomic E-state index is 12.9. The topological polar surface area (TPSA) is 64.4 Å². The molecule has 5 heteroatoms. The molecule has 0 aliphatic carbocycles. The van der Waals surface area contributed by atoms with E-state index < -0.39 is 0 Å². The van der Waals surface area contributed by atoms with Crippen molar-refractivity contribution >= 4 is 11.8 Å². The summed E-state index contributed by atoms with van der Waals surface area (Å²) in [5.41, 5.74) is 1.23. The fraction of sp³-hybridized carbons (Fsp3) is 0.591. The van der Waals surface area contributed by atoms with Crippen molar-refractivity contribution in [3.05, 3.63) is 35.4 Å². The average molecular weight is 367 g/mol. The van der Waals surface area contributed by atoms with Gasteiger partial charge in [-0.15, -0.1) is 0 Å². The van der Waals surface area contributed by atoms with Crippen molar-refractivity contribution in [1.82, 2.24) is 9.80 Å². The van der Waals surface area contributed by atoms with Crippen LogP contribution in [0.15, 0.2) is 24.3 Å². The zero-order valence-electron chi connectivity index (χ0n) is 16.4. The molecule has 1 spiro atoms. The lowest BCUT2D eigenvalue weighted by Gasteiger charge is -2.48. The molecule has 0 aromatic heterocycles. The number of hydrogen-bond acceptors (Lipinski definition) is 3. The highest BCUT2D eigenvalue weighted by Crippen LogP contribution is 2.39. The normalized spacial score (nSPS) is 23.0. The van der Waals surface area contributed by atoms with E-state index >= 15 is 0 Å². The van der Waals surface area contributed by atoms with Gasteiger partial charge in [0.05, 0.1) is 11.6 Å². The molecule has 1 aromatic rings. The van der Waals surface area contributed by atoms with Gasteiger partial charge in [0.1, 0.15) is 0 Å². The Morgan fingerprint density at radius 1 is 1.22 bits per heavy atom. The first-order chi connectivity index (χ1) is 12.9. The maximum Gasteiger partial charge on any atom is 0.253 e. The average Bonchev–Trinajstić information content (AvgIpc) is 2.68. The van der Waals surface area contributed by atoms with Crippen molar-refractivity contribution in [1.29, 1.82) is 5.26 Å².